The number of halogens is 2. The number of carbonyl (C=O) groups is 1. The number of aromatic nitrogens is 1. The summed E-state index contributed by atoms with van der Waals surface area (Å²) < 4.78 is 1.43. The largest absolute Gasteiger partial charge is 0.320 e. The molecule has 0 saturated heterocycles. The number of nitrogens with one attached hydrogen (secondary N) is 1. The molecule has 1 aromatic carbocycles. The molecule has 1 heterocycles. The van der Waals surface area contributed by atoms with Crippen LogP contribution in [-0.4, -0.2) is 10.5 Å². The second kappa shape index (κ2) is 5.36. The topological polar surface area (TPSA) is 51.1 Å². The highest BCUT2D eigenvalue weighted by Crippen LogP contribution is 2.26. The number of nitrogens with zero attached hydrogens (tertiary/aromatic N) is 1. The normalized spacial score (nSPS) is 10.5. The van der Waals surface area contributed by atoms with Crippen LogP contribution in [0.3, 0.4) is 0 Å². The Bertz CT molecular complexity index is 706. The monoisotopic (exact) mass is 316 g/mol. The summed E-state index contributed by atoms with van der Waals surface area (Å²) in [5.74, 6) is -0.357. The zero-order chi connectivity index (χ0) is 14.2. The second-order valence-corrected chi connectivity index (χ2v) is 5.73. The molecule has 0 unspecified atom stereocenters. The van der Waals surface area contributed by atoms with Gasteiger partial charge >= 0.3 is 4.87 Å². The average molecular weight is 317 g/mol. The molecule has 19 heavy (non-hydrogen) atoms. The smallest absolute Gasteiger partial charge is 0.307 e. The van der Waals surface area contributed by atoms with Crippen molar-refractivity contribution in [2.45, 2.75) is 6.92 Å². The van der Waals surface area contributed by atoms with Crippen molar-refractivity contribution in [2.24, 2.45) is 7.05 Å². The fraction of sp³-hybridized carbons (Fsp3) is 0.167. The molecule has 0 bridgehead atoms. The van der Waals surface area contributed by atoms with Crippen LogP contribution in [0.5, 0.6) is 0 Å². The number of carbonyl (C=O) groups excluding carboxylic acids is 1. The summed E-state index contributed by atoms with van der Waals surface area (Å²) in [6.07, 6.45) is 0. The molecule has 0 aliphatic rings. The minimum Gasteiger partial charge on any atom is -0.320 e. The number of amides is 1. The van der Waals surface area contributed by atoms with Gasteiger partial charge in [0.1, 0.15) is 4.88 Å². The maximum Gasteiger partial charge on any atom is 0.307 e. The highest BCUT2D eigenvalue weighted by molar-refractivity contribution is 7.11. The van der Waals surface area contributed by atoms with Gasteiger partial charge in [-0.05, 0) is 25.1 Å². The van der Waals surface area contributed by atoms with Crippen LogP contribution in [0.2, 0.25) is 10.0 Å². The molecule has 1 aromatic heterocycles. The molecule has 0 radical (unpaired) electrons. The first kappa shape index (κ1) is 14.1. The van der Waals surface area contributed by atoms with E-state index in [1.54, 1.807) is 32.2 Å². The zero-order valence-electron chi connectivity index (χ0n) is 10.2. The molecule has 0 aliphatic heterocycles. The van der Waals surface area contributed by atoms with Crippen molar-refractivity contribution in [3.63, 3.8) is 0 Å². The van der Waals surface area contributed by atoms with Crippen LogP contribution in [-0.2, 0) is 7.05 Å². The predicted molar refractivity (Wildman–Crippen MR) is 78.7 cm³/mol. The summed E-state index contributed by atoms with van der Waals surface area (Å²) >= 11 is 12.7. The van der Waals surface area contributed by atoms with Crippen molar-refractivity contribution < 1.29 is 4.79 Å². The Balaban J connectivity index is 2.31. The Morgan fingerprint density at radius 3 is 2.58 bits per heavy atom. The van der Waals surface area contributed by atoms with Gasteiger partial charge in [0.25, 0.3) is 5.91 Å². The van der Waals surface area contributed by atoms with Crippen molar-refractivity contribution in [2.75, 3.05) is 5.32 Å². The van der Waals surface area contributed by atoms with Crippen LogP contribution < -0.4 is 10.2 Å². The Labute approximate surface area is 123 Å². The Morgan fingerprint density at radius 2 is 2.05 bits per heavy atom. The van der Waals surface area contributed by atoms with Crippen molar-refractivity contribution in [1.29, 1.82) is 0 Å². The summed E-state index contributed by atoms with van der Waals surface area (Å²) in [4.78, 5) is 23.8. The first-order chi connectivity index (χ1) is 8.90. The van der Waals surface area contributed by atoms with Gasteiger partial charge in [0.05, 0.1) is 10.7 Å². The van der Waals surface area contributed by atoms with Crippen LogP contribution in [0.4, 0.5) is 5.69 Å². The Morgan fingerprint density at radius 1 is 1.37 bits per heavy atom. The van der Waals surface area contributed by atoms with E-state index in [1.807, 2.05) is 0 Å². The number of hydrogen-bond donors (Lipinski definition) is 1. The van der Waals surface area contributed by atoms with Gasteiger partial charge in [-0.25, -0.2) is 0 Å². The van der Waals surface area contributed by atoms with Gasteiger partial charge in [-0.2, -0.15) is 0 Å². The quantitative estimate of drug-likeness (QED) is 0.924. The third-order valence-electron chi connectivity index (χ3n) is 2.68. The Kier molecular flexibility index (Phi) is 3.99. The lowest BCUT2D eigenvalue weighted by molar-refractivity contribution is 0.102. The van der Waals surface area contributed by atoms with Crippen LogP contribution in [0.1, 0.15) is 15.4 Å². The zero-order valence-corrected chi connectivity index (χ0v) is 12.5. The number of rotatable bonds is 2. The molecule has 0 saturated carbocycles. The number of benzene rings is 1. The lowest BCUT2D eigenvalue weighted by atomic mass is 10.3. The lowest BCUT2D eigenvalue weighted by Crippen LogP contribution is -2.13. The minimum absolute atomic E-state index is 0.176. The van der Waals surface area contributed by atoms with Crippen LogP contribution in [0.15, 0.2) is 23.0 Å². The fourth-order valence-electron chi connectivity index (χ4n) is 1.50. The van der Waals surface area contributed by atoms with E-state index in [1.165, 1.54) is 4.57 Å². The van der Waals surface area contributed by atoms with E-state index in [4.69, 9.17) is 23.2 Å². The highest BCUT2D eigenvalue weighted by atomic mass is 35.5. The van der Waals surface area contributed by atoms with Gasteiger partial charge in [-0.1, -0.05) is 34.5 Å². The molecule has 0 aliphatic carbocycles. The van der Waals surface area contributed by atoms with Crippen molar-refractivity contribution in [3.05, 3.63) is 48.5 Å². The molecule has 2 aromatic rings. The third kappa shape index (κ3) is 2.83. The molecule has 7 heteroatoms. The fourth-order valence-corrected chi connectivity index (χ4v) is 2.83. The van der Waals surface area contributed by atoms with E-state index in [0.717, 1.165) is 11.3 Å². The molecule has 0 atom stereocenters. The maximum atomic E-state index is 12.1. The first-order valence-electron chi connectivity index (χ1n) is 5.33. The number of anilines is 1. The SMILES string of the molecule is Cc1c(C(=O)Nc2ccc(Cl)cc2Cl)sc(=O)n1C. The molecule has 100 valence electrons. The van der Waals surface area contributed by atoms with E-state index in [2.05, 4.69) is 5.32 Å². The van der Waals surface area contributed by atoms with Crippen molar-refractivity contribution in [1.82, 2.24) is 4.57 Å². The maximum absolute atomic E-state index is 12.1. The minimum atomic E-state index is -0.357. The molecule has 0 fully saturated rings. The predicted octanol–water partition coefficient (Wildman–Crippen LogP) is 3.31. The molecule has 1 N–H and O–H groups in total. The highest BCUT2D eigenvalue weighted by Gasteiger charge is 2.16. The summed E-state index contributed by atoms with van der Waals surface area (Å²) in [6.45, 7) is 1.72. The van der Waals surface area contributed by atoms with Gasteiger partial charge in [0, 0.05) is 17.8 Å². The summed E-state index contributed by atoms with van der Waals surface area (Å²) in [6, 6.07) is 4.78. The van der Waals surface area contributed by atoms with Gasteiger partial charge < -0.3 is 9.88 Å². The average Bonchev–Trinajstić information content (AvgIpc) is 2.60. The molecule has 4 nitrogen and oxygen atoms in total. The van der Waals surface area contributed by atoms with Crippen LogP contribution in [0, 0.1) is 6.92 Å². The van der Waals surface area contributed by atoms with E-state index in [0.29, 0.717) is 26.3 Å². The molecule has 1 amide bonds. The van der Waals surface area contributed by atoms with Crippen LogP contribution >= 0.6 is 34.5 Å². The third-order valence-corrected chi connectivity index (χ3v) is 4.36. The molecular weight excluding hydrogens is 307 g/mol. The summed E-state index contributed by atoms with van der Waals surface area (Å²) in [5.41, 5.74) is 1.08. The van der Waals surface area contributed by atoms with Gasteiger partial charge in [-0.3, -0.25) is 9.59 Å². The summed E-state index contributed by atoms with van der Waals surface area (Å²) in [7, 11) is 1.63. The van der Waals surface area contributed by atoms with Crippen LogP contribution in [0.25, 0.3) is 0 Å². The number of hydrogen-bond acceptors (Lipinski definition) is 3. The van der Waals surface area contributed by atoms with Gasteiger partial charge in [0.15, 0.2) is 0 Å². The van der Waals surface area contributed by atoms with E-state index >= 15 is 0 Å². The Hall–Kier alpha value is -1.30. The standard InChI is InChI=1S/C12H10Cl2N2O2S/c1-6-10(19-12(18)16(6)2)11(17)15-9-4-3-7(13)5-8(9)14/h3-5H,1-2H3,(H,15,17). The molecule has 0 spiro atoms. The van der Waals surface area contributed by atoms with Gasteiger partial charge in [0.2, 0.25) is 0 Å². The first-order valence-corrected chi connectivity index (χ1v) is 6.90. The molecule has 2 rings (SSSR count). The van der Waals surface area contributed by atoms with E-state index in [-0.39, 0.29) is 10.8 Å². The number of thiazole rings is 1. The van der Waals surface area contributed by atoms with E-state index < -0.39 is 0 Å². The summed E-state index contributed by atoms with van der Waals surface area (Å²) in [5, 5.41) is 3.50. The van der Waals surface area contributed by atoms with Crippen molar-refractivity contribution in [3.8, 4) is 0 Å². The molecular formula is C12H10Cl2N2O2S. The van der Waals surface area contributed by atoms with Crippen molar-refractivity contribution >= 4 is 46.1 Å². The second-order valence-electron chi connectivity index (χ2n) is 3.92. The lowest BCUT2D eigenvalue weighted by Gasteiger charge is -2.06. The van der Waals surface area contributed by atoms with E-state index in [9.17, 15) is 9.59 Å². The van der Waals surface area contributed by atoms with Gasteiger partial charge in [-0.15, -0.1) is 0 Å².